The molecule has 5 aromatic carbocycles. The number of benzene rings is 5. The summed E-state index contributed by atoms with van der Waals surface area (Å²) in [6.45, 7) is 0. The van der Waals surface area contributed by atoms with Gasteiger partial charge in [-0.2, -0.15) is 0 Å². The molecule has 166 valence electrons. The Balaban J connectivity index is 1.51. The molecule has 0 saturated heterocycles. The van der Waals surface area contributed by atoms with Crippen LogP contribution in [-0.4, -0.2) is 14.2 Å². The van der Waals surface area contributed by atoms with Crippen LogP contribution in [0.2, 0.25) is 0 Å². The van der Waals surface area contributed by atoms with Crippen molar-refractivity contribution in [2.24, 2.45) is 0 Å². The van der Waals surface area contributed by atoms with Gasteiger partial charge in [-0.05, 0) is 45.5 Å². The van der Waals surface area contributed by atoms with E-state index in [-0.39, 0.29) is 0 Å². The van der Waals surface area contributed by atoms with Gasteiger partial charge < -0.3 is 9.47 Å². The van der Waals surface area contributed by atoms with Gasteiger partial charge in [0.2, 0.25) is 0 Å². The Morgan fingerprint density at radius 3 is 0.971 bits per heavy atom. The molecule has 0 aliphatic carbocycles. The van der Waals surface area contributed by atoms with E-state index in [2.05, 4.69) is 109 Å². The molecule has 0 aliphatic rings. The monoisotopic (exact) mass is 442 g/mol. The van der Waals surface area contributed by atoms with E-state index in [1.807, 2.05) is 12.1 Å². The fraction of sp³-hybridized carbons (Fsp3) is 0.0625. The highest BCUT2D eigenvalue weighted by atomic mass is 16.5. The molecule has 0 spiro atoms. The molecule has 2 nitrogen and oxygen atoms in total. The van der Waals surface area contributed by atoms with Gasteiger partial charge in [-0.3, -0.25) is 0 Å². The molecule has 0 heterocycles. The fourth-order valence-electron chi connectivity index (χ4n) is 4.29. The first-order chi connectivity index (χ1) is 16.8. The van der Waals surface area contributed by atoms with Crippen molar-refractivity contribution in [2.75, 3.05) is 14.2 Å². The maximum absolute atomic E-state index is 5.81. The van der Waals surface area contributed by atoms with E-state index in [1.165, 1.54) is 22.3 Å². The Hall–Kier alpha value is -4.30. The maximum Gasteiger partial charge on any atom is 0.127 e. The quantitative estimate of drug-likeness (QED) is 0.263. The average Bonchev–Trinajstić information content (AvgIpc) is 2.93. The van der Waals surface area contributed by atoms with Gasteiger partial charge >= 0.3 is 0 Å². The molecule has 0 radical (unpaired) electrons. The summed E-state index contributed by atoms with van der Waals surface area (Å²) in [6.07, 6.45) is 0. The summed E-state index contributed by atoms with van der Waals surface area (Å²) in [4.78, 5) is 0. The topological polar surface area (TPSA) is 18.5 Å². The first-order valence-corrected chi connectivity index (χ1v) is 11.3. The van der Waals surface area contributed by atoms with Crippen LogP contribution < -0.4 is 9.47 Å². The second kappa shape index (κ2) is 9.68. The number of hydrogen-bond donors (Lipinski definition) is 0. The molecule has 0 amide bonds. The van der Waals surface area contributed by atoms with Gasteiger partial charge in [0, 0.05) is 11.1 Å². The molecule has 5 aromatic rings. The van der Waals surface area contributed by atoms with Crippen molar-refractivity contribution in [3.63, 3.8) is 0 Å². The lowest BCUT2D eigenvalue weighted by atomic mass is 9.95. The van der Waals surface area contributed by atoms with E-state index in [1.54, 1.807) is 14.2 Å². The molecular weight excluding hydrogens is 416 g/mol. The second-order valence-corrected chi connectivity index (χ2v) is 8.14. The molecule has 0 fully saturated rings. The van der Waals surface area contributed by atoms with Crippen LogP contribution in [0.1, 0.15) is 0 Å². The highest BCUT2D eigenvalue weighted by Crippen LogP contribution is 2.41. The van der Waals surface area contributed by atoms with Crippen molar-refractivity contribution in [1.82, 2.24) is 0 Å². The summed E-state index contributed by atoms with van der Waals surface area (Å²) in [5.41, 5.74) is 8.95. The van der Waals surface area contributed by atoms with Crippen LogP contribution in [0, 0.1) is 0 Å². The Kier molecular flexibility index (Phi) is 6.13. The summed E-state index contributed by atoms with van der Waals surface area (Å²) in [5.74, 6) is 1.63. The van der Waals surface area contributed by atoms with Crippen LogP contribution in [0.5, 0.6) is 11.5 Å². The van der Waals surface area contributed by atoms with Crippen molar-refractivity contribution in [3.8, 4) is 56.0 Å². The lowest BCUT2D eigenvalue weighted by molar-refractivity contribution is 0.406. The smallest absolute Gasteiger partial charge is 0.127 e. The van der Waals surface area contributed by atoms with Crippen molar-refractivity contribution in [1.29, 1.82) is 0 Å². The second-order valence-electron chi connectivity index (χ2n) is 8.14. The first kappa shape index (κ1) is 21.5. The third kappa shape index (κ3) is 4.31. The van der Waals surface area contributed by atoms with Gasteiger partial charge in [-0.15, -0.1) is 0 Å². The standard InChI is InChI=1S/C32H26O2/c1-33-31-21-30(28-19-15-26(16-20-28)24-11-7-4-8-12-24)32(34-2)22-29(31)27-17-13-25(14-18-27)23-9-5-3-6-10-23/h3-22H,1-2H3. The van der Waals surface area contributed by atoms with Crippen molar-refractivity contribution in [2.45, 2.75) is 0 Å². The summed E-state index contributed by atoms with van der Waals surface area (Å²) in [5, 5.41) is 0. The summed E-state index contributed by atoms with van der Waals surface area (Å²) in [6, 6.07) is 42.0. The third-order valence-electron chi connectivity index (χ3n) is 6.13. The van der Waals surface area contributed by atoms with Gasteiger partial charge in [0.15, 0.2) is 0 Å². The van der Waals surface area contributed by atoms with Crippen molar-refractivity contribution < 1.29 is 9.47 Å². The van der Waals surface area contributed by atoms with E-state index in [0.717, 1.165) is 33.8 Å². The molecule has 0 N–H and O–H groups in total. The molecule has 0 bridgehead atoms. The highest BCUT2D eigenvalue weighted by molar-refractivity contribution is 5.83. The lowest BCUT2D eigenvalue weighted by Gasteiger charge is -2.16. The molecule has 34 heavy (non-hydrogen) atoms. The number of methoxy groups -OCH3 is 2. The molecule has 2 heteroatoms. The van der Waals surface area contributed by atoms with Crippen molar-refractivity contribution in [3.05, 3.63) is 121 Å². The number of rotatable bonds is 6. The van der Waals surface area contributed by atoms with E-state index >= 15 is 0 Å². The van der Waals surface area contributed by atoms with Crippen LogP contribution >= 0.6 is 0 Å². The van der Waals surface area contributed by atoms with Gasteiger partial charge in [-0.25, -0.2) is 0 Å². The molecule has 0 saturated carbocycles. The number of hydrogen-bond acceptors (Lipinski definition) is 2. The molecule has 0 atom stereocenters. The SMILES string of the molecule is COc1cc(-c2ccc(-c3ccccc3)cc2)c(OC)cc1-c1ccc(-c2ccccc2)cc1. The molecular formula is C32H26O2. The maximum atomic E-state index is 5.81. The average molecular weight is 443 g/mol. The predicted octanol–water partition coefficient (Wildman–Crippen LogP) is 8.37. The van der Waals surface area contributed by atoms with Crippen LogP contribution in [0.4, 0.5) is 0 Å². The molecule has 5 rings (SSSR count). The minimum atomic E-state index is 0.815. The molecule has 0 unspecified atom stereocenters. The number of ether oxygens (including phenoxy) is 2. The Labute approximate surface area is 201 Å². The van der Waals surface area contributed by atoms with Gasteiger partial charge in [0.25, 0.3) is 0 Å². The van der Waals surface area contributed by atoms with Crippen LogP contribution in [-0.2, 0) is 0 Å². The Bertz CT molecular complexity index is 1260. The lowest BCUT2D eigenvalue weighted by Crippen LogP contribution is -1.94. The Morgan fingerprint density at radius 1 is 0.353 bits per heavy atom. The van der Waals surface area contributed by atoms with E-state index < -0.39 is 0 Å². The Morgan fingerprint density at radius 2 is 0.647 bits per heavy atom. The van der Waals surface area contributed by atoms with Crippen LogP contribution in [0.15, 0.2) is 121 Å². The van der Waals surface area contributed by atoms with Crippen molar-refractivity contribution >= 4 is 0 Å². The van der Waals surface area contributed by atoms with E-state index in [9.17, 15) is 0 Å². The van der Waals surface area contributed by atoms with E-state index in [0.29, 0.717) is 0 Å². The molecule has 0 aromatic heterocycles. The third-order valence-corrected chi connectivity index (χ3v) is 6.13. The first-order valence-electron chi connectivity index (χ1n) is 11.3. The van der Waals surface area contributed by atoms with Gasteiger partial charge in [-0.1, -0.05) is 109 Å². The summed E-state index contributed by atoms with van der Waals surface area (Å²) in [7, 11) is 3.43. The zero-order valence-electron chi connectivity index (χ0n) is 19.4. The zero-order chi connectivity index (χ0) is 23.3. The normalized spacial score (nSPS) is 10.6. The molecule has 0 aliphatic heterocycles. The largest absolute Gasteiger partial charge is 0.496 e. The fourth-order valence-corrected chi connectivity index (χ4v) is 4.29. The summed E-state index contributed by atoms with van der Waals surface area (Å²) >= 11 is 0. The summed E-state index contributed by atoms with van der Waals surface area (Å²) < 4.78 is 11.6. The zero-order valence-corrected chi connectivity index (χ0v) is 19.4. The highest BCUT2D eigenvalue weighted by Gasteiger charge is 2.15. The van der Waals surface area contributed by atoms with Gasteiger partial charge in [0.05, 0.1) is 14.2 Å². The van der Waals surface area contributed by atoms with Gasteiger partial charge in [0.1, 0.15) is 11.5 Å². The van der Waals surface area contributed by atoms with E-state index in [4.69, 9.17) is 9.47 Å². The van der Waals surface area contributed by atoms with Crippen LogP contribution in [0.25, 0.3) is 44.5 Å². The minimum absolute atomic E-state index is 0.815. The minimum Gasteiger partial charge on any atom is -0.496 e. The predicted molar refractivity (Wildman–Crippen MR) is 141 cm³/mol. The van der Waals surface area contributed by atoms with Crippen LogP contribution in [0.3, 0.4) is 0 Å².